The smallest absolute Gasteiger partial charge is 0.329 e. The van der Waals surface area contributed by atoms with Gasteiger partial charge in [0.05, 0.1) is 24.4 Å². The van der Waals surface area contributed by atoms with Crippen LogP contribution in [0.1, 0.15) is 139 Å². The van der Waals surface area contributed by atoms with E-state index in [9.17, 15) is 39.3 Å². The molecule has 2 bridgehead atoms. The summed E-state index contributed by atoms with van der Waals surface area (Å²) in [5, 5.41) is 33.7. The van der Waals surface area contributed by atoms with Gasteiger partial charge in [0.2, 0.25) is 5.79 Å². The van der Waals surface area contributed by atoms with E-state index in [0.717, 1.165) is 18.4 Å². The third-order valence-corrected chi connectivity index (χ3v) is 14.6. The van der Waals surface area contributed by atoms with Crippen LogP contribution in [0.5, 0.6) is 0 Å². The van der Waals surface area contributed by atoms with E-state index in [2.05, 4.69) is 0 Å². The number of esters is 1. The summed E-state index contributed by atoms with van der Waals surface area (Å²) in [6.45, 7) is 16.8. The number of rotatable bonds is 4. The Morgan fingerprint density at radius 3 is 2.27 bits per heavy atom. The average molecular weight is 882 g/mol. The van der Waals surface area contributed by atoms with E-state index in [4.69, 9.17) is 14.2 Å². The number of hydrogen-bond acceptors (Lipinski definition) is 11. The van der Waals surface area contributed by atoms with Gasteiger partial charge in [0.25, 0.3) is 11.7 Å². The van der Waals surface area contributed by atoms with E-state index in [1.54, 1.807) is 40.9 Å². The molecule has 4 rings (SSSR count). The first-order valence-corrected chi connectivity index (χ1v) is 23.8. The largest absolute Gasteiger partial charge is 0.460 e. The Balaban J connectivity index is 1.68. The van der Waals surface area contributed by atoms with Crippen LogP contribution in [-0.4, -0.2) is 105 Å². The zero-order chi connectivity index (χ0) is 46.8. The first kappa shape index (κ1) is 52.3. The fourth-order valence-electron chi connectivity index (χ4n) is 10.2. The second-order valence-electron chi connectivity index (χ2n) is 19.9. The summed E-state index contributed by atoms with van der Waals surface area (Å²) in [6, 6.07) is -1.10. The molecule has 63 heavy (non-hydrogen) atoms. The van der Waals surface area contributed by atoms with Crippen molar-refractivity contribution in [1.29, 1.82) is 0 Å². The fraction of sp³-hybridized carbons (Fsp3) is 0.745. The van der Waals surface area contributed by atoms with Crippen molar-refractivity contribution in [3.8, 4) is 0 Å². The summed E-state index contributed by atoms with van der Waals surface area (Å²) in [5.41, 5.74) is 1.40. The highest BCUT2D eigenvalue weighted by molar-refractivity contribution is 6.39. The molecule has 1 amide bonds. The maximum absolute atomic E-state index is 14.3. The van der Waals surface area contributed by atoms with Gasteiger partial charge in [-0.2, -0.15) is 0 Å². The summed E-state index contributed by atoms with van der Waals surface area (Å²) in [4.78, 5) is 71.5. The minimum Gasteiger partial charge on any atom is -0.460 e. The molecule has 2 unspecified atom stereocenters. The number of hydrogen-bond donors (Lipinski definition) is 3. The van der Waals surface area contributed by atoms with Crippen LogP contribution < -0.4 is 0 Å². The van der Waals surface area contributed by atoms with Crippen LogP contribution in [0.15, 0.2) is 47.6 Å². The molecule has 12 nitrogen and oxygen atoms in total. The quantitative estimate of drug-likeness (QED) is 0.146. The molecule has 1 aliphatic carbocycles. The highest BCUT2D eigenvalue weighted by Gasteiger charge is 2.53. The van der Waals surface area contributed by atoms with E-state index >= 15 is 0 Å². The molecule has 3 N–H and O–H groups in total. The monoisotopic (exact) mass is 882 g/mol. The second kappa shape index (κ2) is 23.8. The number of piperidine rings is 1. The zero-order valence-electron chi connectivity index (χ0n) is 39.8. The van der Waals surface area contributed by atoms with Crippen LogP contribution >= 0.6 is 0 Å². The third kappa shape index (κ3) is 13.9. The lowest BCUT2D eigenvalue weighted by molar-refractivity contribution is -0.265. The molecule has 4 aliphatic rings. The van der Waals surface area contributed by atoms with Gasteiger partial charge in [-0.05, 0) is 113 Å². The lowest BCUT2D eigenvalue weighted by Crippen LogP contribution is -2.61. The summed E-state index contributed by atoms with van der Waals surface area (Å²) >= 11 is 0. The number of fused-ring (bicyclic) bond motifs is 3. The van der Waals surface area contributed by atoms with Crippen LogP contribution in [0, 0.1) is 47.3 Å². The van der Waals surface area contributed by atoms with Gasteiger partial charge in [-0.3, -0.25) is 19.2 Å². The number of methoxy groups -OCH3 is 1. The Morgan fingerprint density at radius 2 is 1.59 bits per heavy atom. The minimum absolute atomic E-state index is 0.0599. The Labute approximate surface area is 376 Å². The molecule has 0 aromatic carbocycles. The molecule has 0 spiro atoms. The number of carbonyl (C=O) groups is 5. The van der Waals surface area contributed by atoms with Crippen LogP contribution in [-0.2, 0) is 38.2 Å². The predicted molar refractivity (Wildman–Crippen MR) is 242 cm³/mol. The van der Waals surface area contributed by atoms with E-state index in [-0.39, 0.29) is 66.6 Å². The fourth-order valence-corrected chi connectivity index (χ4v) is 10.2. The van der Waals surface area contributed by atoms with E-state index < -0.39 is 71.7 Å². The molecule has 0 radical (unpaired) electrons. The number of amides is 1. The van der Waals surface area contributed by atoms with Crippen LogP contribution in [0.3, 0.4) is 0 Å². The number of cyclic esters (lactones) is 1. The molecule has 3 heterocycles. The summed E-state index contributed by atoms with van der Waals surface area (Å²) in [7, 11) is 1.59. The van der Waals surface area contributed by atoms with Crippen LogP contribution in [0.25, 0.3) is 0 Å². The van der Waals surface area contributed by atoms with E-state index in [1.807, 2.05) is 65.0 Å². The van der Waals surface area contributed by atoms with Crippen LogP contribution in [0.2, 0.25) is 0 Å². The highest BCUT2D eigenvalue weighted by Crippen LogP contribution is 2.38. The molecule has 3 fully saturated rings. The standard InChI is InChI=1S/C51H79NO11/c1-30-16-12-11-13-17-31(2)44(61-10)28-40-21-19-37(8)51(60,63-40)48(57)49(58)52-23-15-14-18-41(52)50(59)62-45(34(5)27-39-20-22-42(53)33(4)26-39)29-43(54)32(3)25-36(7)47(56)38(9)46(55)35(6)24-30/h11-13,16-17,25,30,32-35,37-42,44-45,47,53,56,60H,14-15,18-24,26-29H2,1-10H3/b13-11?,16-12+,31-17?,36-25+/t30-,32-,33-,34?,35-,37-,38+,39-,40?,41+,42-,44+,45+,47-,51-/m1/s1. The normalized spacial score (nSPS) is 40.0. The molecular formula is C51H79NO11. The number of nitrogens with zero attached hydrogens (tertiary/aromatic N) is 1. The number of aliphatic hydroxyl groups excluding tert-OH is 2. The predicted octanol–water partition coefficient (Wildman–Crippen LogP) is 7.42. The Morgan fingerprint density at radius 1 is 0.873 bits per heavy atom. The lowest BCUT2D eigenvalue weighted by Gasteiger charge is -2.42. The highest BCUT2D eigenvalue weighted by atomic mass is 16.6. The molecule has 12 heteroatoms. The van der Waals surface area contributed by atoms with Crippen molar-refractivity contribution in [3.05, 3.63) is 47.6 Å². The molecule has 1 saturated carbocycles. The number of aliphatic hydroxyl groups is 3. The van der Waals surface area contributed by atoms with Crippen molar-refractivity contribution in [2.24, 2.45) is 47.3 Å². The summed E-state index contributed by atoms with van der Waals surface area (Å²) in [5.74, 6) is -7.70. The molecular weight excluding hydrogens is 803 g/mol. The number of Topliss-reactive ketones (excluding diaryl/α,β-unsaturated/α-hetero) is 3. The van der Waals surface area contributed by atoms with Crippen molar-refractivity contribution in [1.82, 2.24) is 4.90 Å². The maximum Gasteiger partial charge on any atom is 0.329 e. The van der Waals surface area contributed by atoms with Crippen molar-refractivity contribution in [2.75, 3.05) is 13.7 Å². The third-order valence-electron chi connectivity index (χ3n) is 14.6. The first-order chi connectivity index (χ1) is 29.7. The SMILES string of the molecule is CO[C@H]1CC2CC[C@@H](C)[C@@](O)(O2)C(=O)C(=O)N2CCCC[C@H]2C(=O)O[C@H](C(C)C[C@@H]2CC[C@@H](O)[C@H](C)C2)CC(=O)[C@H](C)/C=C(\C)[C@@H](O)[C@@H](C)C(=O)[C@H](C)C[C@H](C)/C=C/C=CC=C1C. The van der Waals surface area contributed by atoms with Gasteiger partial charge in [-0.15, -0.1) is 0 Å². The number of allylic oxidation sites excluding steroid dienone is 6. The van der Waals surface area contributed by atoms with Gasteiger partial charge in [-0.1, -0.05) is 84.9 Å². The van der Waals surface area contributed by atoms with Crippen molar-refractivity contribution in [2.45, 2.75) is 182 Å². The zero-order valence-corrected chi connectivity index (χ0v) is 39.8. The van der Waals surface area contributed by atoms with Crippen molar-refractivity contribution >= 4 is 29.2 Å². The second-order valence-corrected chi connectivity index (χ2v) is 19.9. The number of carbonyl (C=O) groups excluding carboxylic acids is 5. The van der Waals surface area contributed by atoms with Gasteiger partial charge in [0, 0.05) is 50.2 Å². The number of ether oxygens (including phenoxy) is 3. The van der Waals surface area contributed by atoms with Gasteiger partial charge in [-0.25, -0.2) is 4.79 Å². The van der Waals surface area contributed by atoms with Gasteiger partial charge < -0.3 is 34.4 Å². The van der Waals surface area contributed by atoms with E-state index in [0.29, 0.717) is 56.9 Å². The molecule has 0 aromatic rings. The molecule has 354 valence electrons. The van der Waals surface area contributed by atoms with Gasteiger partial charge >= 0.3 is 5.97 Å². The Hall–Kier alpha value is -3.29. The lowest BCUT2D eigenvalue weighted by atomic mass is 9.75. The van der Waals surface area contributed by atoms with Crippen LogP contribution in [0.4, 0.5) is 0 Å². The summed E-state index contributed by atoms with van der Waals surface area (Å²) < 4.78 is 18.3. The van der Waals surface area contributed by atoms with Crippen molar-refractivity contribution in [3.63, 3.8) is 0 Å². The average Bonchev–Trinajstić information content (AvgIpc) is 3.25. The molecule has 15 atom stereocenters. The minimum atomic E-state index is -2.41. The van der Waals surface area contributed by atoms with Crippen molar-refractivity contribution < 1.29 is 53.5 Å². The van der Waals surface area contributed by atoms with Gasteiger partial charge in [0.1, 0.15) is 23.7 Å². The maximum atomic E-state index is 14.3. The number of ketones is 3. The van der Waals surface area contributed by atoms with E-state index in [1.165, 1.54) is 4.90 Å². The topological polar surface area (TPSA) is 177 Å². The summed E-state index contributed by atoms with van der Waals surface area (Å²) in [6.07, 6.45) is 14.2. The Bertz CT molecular complexity index is 1720. The molecule has 2 saturated heterocycles. The Kier molecular flexibility index (Phi) is 19.7. The molecule has 0 aromatic heterocycles. The van der Waals surface area contributed by atoms with Gasteiger partial charge in [0.15, 0.2) is 0 Å². The molecule has 3 aliphatic heterocycles. The first-order valence-electron chi connectivity index (χ1n) is 23.8.